The standard InChI is InChI=1S/C13H21N3O2S/c1-12-2-4-13(5-3-12)15-19(17,18)11-10-16-8-6-14-7-9-16/h2-5,14-15H,6-11H2,1H3. The van der Waals surface area contributed by atoms with Crippen LogP contribution in [0.4, 0.5) is 5.69 Å². The van der Waals surface area contributed by atoms with Crippen LogP contribution < -0.4 is 10.0 Å². The van der Waals surface area contributed by atoms with E-state index in [1.165, 1.54) is 0 Å². The van der Waals surface area contributed by atoms with Gasteiger partial charge < -0.3 is 5.32 Å². The van der Waals surface area contributed by atoms with E-state index < -0.39 is 10.0 Å². The summed E-state index contributed by atoms with van der Waals surface area (Å²) in [6, 6.07) is 7.37. The van der Waals surface area contributed by atoms with E-state index in [4.69, 9.17) is 0 Å². The highest BCUT2D eigenvalue weighted by Gasteiger charge is 2.15. The number of nitrogens with zero attached hydrogens (tertiary/aromatic N) is 1. The van der Waals surface area contributed by atoms with Crippen molar-refractivity contribution in [2.45, 2.75) is 6.92 Å². The summed E-state index contributed by atoms with van der Waals surface area (Å²) in [6.07, 6.45) is 0. The van der Waals surface area contributed by atoms with Gasteiger partial charge in [0, 0.05) is 38.4 Å². The van der Waals surface area contributed by atoms with Crippen LogP contribution in [0, 0.1) is 6.92 Å². The molecule has 1 aliphatic heterocycles. The van der Waals surface area contributed by atoms with Crippen molar-refractivity contribution in [3.05, 3.63) is 29.8 Å². The fraction of sp³-hybridized carbons (Fsp3) is 0.538. The third kappa shape index (κ3) is 4.81. The van der Waals surface area contributed by atoms with E-state index in [-0.39, 0.29) is 5.75 Å². The van der Waals surface area contributed by atoms with Crippen LogP contribution in [-0.2, 0) is 10.0 Å². The van der Waals surface area contributed by atoms with Crippen molar-refractivity contribution >= 4 is 15.7 Å². The Kier molecular flexibility index (Phi) is 4.79. The van der Waals surface area contributed by atoms with Gasteiger partial charge in [-0.3, -0.25) is 9.62 Å². The van der Waals surface area contributed by atoms with Gasteiger partial charge in [0.1, 0.15) is 0 Å². The molecule has 0 aliphatic carbocycles. The zero-order chi connectivity index (χ0) is 13.7. The molecule has 0 spiro atoms. The zero-order valence-electron chi connectivity index (χ0n) is 11.2. The van der Waals surface area contributed by atoms with E-state index in [0.29, 0.717) is 12.2 Å². The first-order chi connectivity index (χ1) is 9.05. The Hall–Kier alpha value is -1.11. The van der Waals surface area contributed by atoms with Crippen molar-refractivity contribution in [1.82, 2.24) is 10.2 Å². The number of anilines is 1. The van der Waals surface area contributed by atoms with Crippen molar-refractivity contribution in [3.63, 3.8) is 0 Å². The van der Waals surface area contributed by atoms with Gasteiger partial charge >= 0.3 is 0 Å². The Morgan fingerprint density at radius 1 is 1.21 bits per heavy atom. The molecular formula is C13H21N3O2S. The normalized spacial score (nSPS) is 17.3. The third-order valence-corrected chi connectivity index (χ3v) is 4.48. The number of benzene rings is 1. The van der Waals surface area contributed by atoms with E-state index in [1.807, 2.05) is 19.1 Å². The van der Waals surface area contributed by atoms with E-state index in [0.717, 1.165) is 31.7 Å². The Balaban J connectivity index is 1.85. The highest BCUT2D eigenvalue weighted by Crippen LogP contribution is 2.10. The smallest absolute Gasteiger partial charge is 0.233 e. The van der Waals surface area contributed by atoms with Gasteiger partial charge in [0.15, 0.2) is 0 Å². The predicted molar refractivity (Wildman–Crippen MR) is 77.9 cm³/mol. The van der Waals surface area contributed by atoms with Crippen molar-refractivity contribution in [1.29, 1.82) is 0 Å². The SMILES string of the molecule is Cc1ccc(NS(=O)(=O)CCN2CCNCC2)cc1. The largest absolute Gasteiger partial charge is 0.314 e. The van der Waals surface area contributed by atoms with Gasteiger partial charge in [-0.1, -0.05) is 17.7 Å². The minimum absolute atomic E-state index is 0.140. The van der Waals surface area contributed by atoms with Gasteiger partial charge in [0.25, 0.3) is 0 Å². The van der Waals surface area contributed by atoms with E-state index >= 15 is 0 Å². The summed E-state index contributed by atoms with van der Waals surface area (Å²) in [5.41, 5.74) is 1.75. The Morgan fingerprint density at radius 2 is 1.84 bits per heavy atom. The number of nitrogens with one attached hydrogen (secondary N) is 2. The molecule has 0 amide bonds. The van der Waals surface area contributed by atoms with Crippen LogP contribution in [-0.4, -0.2) is 51.8 Å². The Bertz CT molecular complexity index is 493. The highest BCUT2D eigenvalue weighted by atomic mass is 32.2. The number of hydrogen-bond donors (Lipinski definition) is 2. The molecule has 0 unspecified atom stereocenters. The fourth-order valence-electron chi connectivity index (χ4n) is 2.04. The molecule has 1 heterocycles. The highest BCUT2D eigenvalue weighted by molar-refractivity contribution is 7.92. The molecule has 5 nitrogen and oxygen atoms in total. The van der Waals surface area contributed by atoms with E-state index in [1.54, 1.807) is 12.1 Å². The van der Waals surface area contributed by atoms with Crippen LogP contribution in [0.1, 0.15) is 5.56 Å². The van der Waals surface area contributed by atoms with Crippen LogP contribution in [0.15, 0.2) is 24.3 Å². The number of hydrogen-bond acceptors (Lipinski definition) is 4. The average molecular weight is 283 g/mol. The first-order valence-electron chi connectivity index (χ1n) is 6.55. The lowest BCUT2D eigenvalue weighted by molar-refractivity contribution is 0.254. The second-order valence-corrected chi connectivity index (χ2v) is 6.72. The maximum absolute atomic E-state index is 12.0. The summed E-state index contributed by atoms with van der Waals surface area (Å²) in [5, 5.41) is 3.25. The first kappa shape index (κ1) is 14.3. The van der Waals surface area contributed by atoms with Gasteiger partial charge in [-0.2, -0.15) is 0 Å². The molecule has 1 fully saturated rings. The molecule has 0 aromatic heterocycles. The summed E-state index contributed by atoms with van der Waals surface area (Å²) in [7, 11) is -3.26. The number of aryl methyl sites for hydroxylation is 1. The lowest BCUT2D eigenvalue weighted by Gasteiger charge is -2.26. The summed E-state index contributed by atoms with van der Waals surface area (Å²) < 4.78 is 26.6. The van der Waals surface area contributed by atoms with Crippen molar-refractivity contribution < 1.29 is 8.42 Å². The lowest BCUT2D eigenvalue weighted by Crippen LogP contribution is -2.45. The predicted octanol–water partition coefficient (Wildman–Crippen LogP) is 0.642. The number of piperazine rings is 1. The molecule has 0 atom stereocenters. The second kappa shape index (κ2) is 6.36. The molecule has 1 saturated heterocycles. The van der Waals surface area contributed by atoms with Crippen LogP contribution in [0.25, 0.3) is 0 Å². The molecule has 1 aromatic carbocycles. The van der Waals surface area contributed by atoms with Crippen molar-refractivity contribution in [3.8, 4) is 0 Å². The number of rotatable bonds is 5. The van der Waals surface area contributed by atoms with Crippen molar-refractivity contribution in [2.24, 2.45) is 0 Å². The molecule has 1 aromatic rings. The molecule has 2 rings (SSSR count). The van der Waals surface area contributed by atoms with Crippen LogP contribution in [0.5, 0.6) is 0 Å². The topological polar surface area (TPSA) is 61.4 Å². The quantitative estimate of drug-likeness (QED) is 0.832. The Morgan fingerprint density at radius 3 is 2.47 bits per heavy atom. The molecule has 2 N–H and O–H groups in total. The van der Waals surface area contributed by atoms with Gasteiger partial charge in [0.05, 0.1) is 5.75 Å². The molecule has 0 bridgehead atoms. The van der Waals surface area contributed by atoms with Gasteiger partial charge in [-0.15, -0.1) is 0 Å². The zero-order valence-corrected chi connectivity index (χ0v) is 12.0. The molecule has 0 saturated carbocycles. The number of sulfonamides is 1. The maximum atomic E-state index is 12.0. The summed E-state index contributed by atoms with van der Waals surface area (Å²) in [4.78, 5) is 2.17. The molecule has 0 radical (unpaired) electrons. The van der Waals surface area contributed by atoms with Crippen LogP contribution >= 0.6 is 0 Å². The lowest BCUT2D eigenvalue weighted by atomic mass is 10.2. The minimum atomic E-state index is -3.26. The second-order valence-electron chi connectivity index (χ2n) is 4.88. The third-order valence-electron chi connectivity index (χ3n) is 3.21. The van der Waals surface area contributed by atoms with Crippen LogP contribution in [0.2, 0.25) is 0 Å². The maximum Gasteiger partial charge on any atom is 0.233 e. The van der Waals surface area contributed by atoms with Crippen molar-refractivity contribution in [2.75, 3.05) is 43.2 Å². The molecule has 6 heteroatoms. The summed E-state index contributed by atoms with van der Waals surface area (Å²) in [6.45, 7) is 6.27. The molecular weight excluding hydrogens is 262 g/mol. The monoisotopic (exact) mass is 283 g/mol. The molecule has 106 valence electrons. The van der Waals surface area contributed by atoms with Gasteiger partial charge in [-0.25, -0.2) is 8.42 Å². The Labute approximate surface area is 115 Å². The summed E-state index contributed by atoms with van der Waals surface area (Å²) in [5.74, 6) is 0.140. The molecule has 1 aliphatic rings. The molecule has 19 heavy (non-hydrogen) atoms. The minimum Gasteiger partial charge on any atom is -0.314 e. The summed E-state index contributed by atoms with van der Waals surface area (Å²) >= 11 is 0. The van der Waals surface area contributed by atoms with Crippen LogP contribution in [0.3, 0.4) is 0 Å². The van der Waals surface area contributed by atoms with E-state index in [2.05, 4.69) is 14.9 Å². The average Bonchev–Trinajstić information content (AvgIpc) is 2.40. The fourth-order valence-corrected chi connectivity index (χ4v) is 3.13. The van der Waals surface area contributed by atoms with Gasteiger partial charge in [-0.05, 0) is 19.1 Å². The van der Waals surface area contributed by atoms with Gasteiger partial charge in [0.2, 0.25) is 10.0 Å². The first-order valence-corrected chi connectivity index (χ1v) is 8.21. The van der Waals surface area contributed by atoms with E-state index in [9.17, 15) is 8.42 Å².